The zero-order chi connectivity index (χ0) is 18.2. The van der Waals surface area contributed by atoms with Crippen LogP contribution in [-0.2, 0) is 9.59 Å². The Morgan fingerprint density at radius 3 is 1.96 bits per heavy atom. The van der Waals surface area contributed by atoms with Crippen molar-refractivity contribution in [3.8, 4) is 0 Å². The number of amides is 1. The van der Waals surface area contributed by atoms with Crippen LogP contribution in [0.4, 0.5) is 5.69 Å². The number of nitrogens with one attached hydrogen (secondary N) is 1. The van der Waals surface area contributed by atoms with E-state index >= 15 is 0 Å². The molecule has 3 nitrogen and oxygen atoms in total. The maximum absolute atomic E-state index is 12.0. The van der Waals surface area contributed by atoms with Gasteiger partial charge in [0.05, 0.1) is 5.69 Å². The summed E-state index contributed by atoms with van der Waals surface area (Å²) in [6.45, 7) is 7.18. The standard InChI is InChI=1S/C18H15NO.C4H5O/c1-12(2)18(20)19-17-15-9-5-3-7-13(15)11-14-8-4-6-10-16(14)17;1-2-3-4-5/h3-11H,1H2,2H3,(H,19,20);2-3H,1H3. The minimum atomic E-state index is -0.147. The van der Waals surface area contributed by atoms with Crippen LogP contribution in [0, 0.1) is 0 Å². The van der Waals surface area contributed by atoms with Gasteiger partial charge in [0.1, 0.15) is 0 Å². The molecule has 0 fully saturated rings. The minimum Gasteiger partial charge on any atom is -0.321 e. The molecule has 0 aliphatic heterocycles. The third-order valence-corrected chi connectivity index (χ3v) is 3.63. The molecular formula is C22H20NO2. The van der Waals surface area contributed by atoms with Gasteiger partial charge in [-0.15, -0.1) is 0 Å². The number of hydrogen-bond donors (Lipinski definition) is 1. The molecule has 0 unspecified atom stereocenters. The molecule has 0 aliphatic rings. The summed E-state index contributed by atoms with van der Waals surface area (Å²) < 4.78 is 0. The van der Waals surface area contributed by atoms with Gasteiger partial charge in [-0.25, -0.2) is 0 Å². The molecule has 25 heavy (non-hydrogen) atoms. The lowest BCUT2D eigenvalue weighted by Gasteiger charge is -2.12. The highest BCUT2D eigenvalue weighted by molar-refractivity contribution is 6.17. The topological polar surface area (TPSA) is 46.2 Å². The van der Waals surface area contributed by atoms with Crippen molar-refractivity contribution < 1.29 is 9.59 Å². The third kappa shape index (κ3) is 4.42. The van der Waals surface area contributed by atoms with Gasteiger partial charge in [0, 0.05) is 16.3 Å². The highest BCUT2D eigenvalue weighted by Crippen LogP contribution is 2.32. The van der Waals surface area contributed by atoms with Crippen LogP contribution >= 0.6 is 0 Å². The van der Waals surface area contributed by atoms with Crippen molar-refractivity contribution >= 4 is 39.4 Å². The van der Waals surface area contributed by atoms with E-state index in [0.717, 1.165) is 27.2 Å². The van der Waals surface area contributed by atoms with Crippen molar-refractivity contribution in [2.24, 2.45) is 0 Å². The zero-order valence-electron chi connectivity index (χ0n) is 14.4. The van der Waals surface area contributed by atoms with Crippen LogP contribution in [0.2, 0.25) is 0 Å². The van der Waals surface area contributed by atoms with Crippen LogP contribution in [0.1, 0.15) is 13.8 Å². The van der Waals surface area contributed by atoms with E-state index in [1.54, 1.807) is 26.2 Å². The summed E-state index contributed by atoms with van der Waals surface area (Å²) in [5.41, 5.74) is 1.36. The lowest BCUT2D eigenvalue weighted by atomic mass is 10.0. The molecule has 0 spiro atoms. The van der Waals surface area contributed by atoms with Crippen LogP contribution < -0.4 is 5.32 Å². The average Bonchev–Trinajstić information content (AvgIpc) is 2.62. The summed E-state index contributed by atoms with van der Waals surface area (Å²) in [6.07, 6.45) is 4.54. The molecule has 1 amide bonds. The second kappa shape index (κ2) is 8.60. The molecule has 0 aromatic heterocycles. The average molecular weight is 330 g/mol. The fourth-order valence-corrected chi connectivity index (χ4v) is 2.44. The van der Waals surface area contributed by atoms with Crippen LogP contribution in [0.3, 0.4) is 0 Å². The van der Waals surface area contributed by atoms with Crippen LogP contribution in [-0.4, -0.2) is 12.2 Å². The van der Waals surface area contributed by atoms with Gasteiger partial charge in [0.25, 0.3) is 5.91 Å². The third-order valence-electron chi connectivity index (χ3n) is 3.63. The summed E-state index contributed by atoms with van der Waals surface area (Å²) >= 11 is 0. The van der Waals surface area contributed by atoms with Gasteiger partial charge in [0.2, 0.25) is 6.29 Å². The Labute approximate surface area is 147 Å². The molecule has 0 aliphatic carbocycles. The molecule has 3 aromatic carbocycles. The van der Waals surface area contributed by atoms with Crippen molar-refractivity contribution in [3.63, 3.8) is 0 Å². The van der Waals surface area contributed by atoms with Gasteiger partial charge in [0.15, 0.2) is 0 Å². The molecule has 0 bridgehead atoms. The Kier molecular flexibility index (Phi) is 6.24. The molecule has 0 saturated heterocycles. The van der Waals surface area contributed by atoms with Crippen molar-refractivity contribution in [2.45, 2.75) is 13.8 Å². The fourth-order valence-electron chi connectivity index (χ4n) is 2.44. The molecule has 0 heterocycles. The summed E-state index contributed by atoms with van der Waals surface area (Å²) in [7, 11) is 0. The molecule has 1 radical (unpaired) electrons. The van der Waals surface area contributed by atoms with Crippen LogP contribution in [0.25, 0.3) is 21.5 Å². The van der Waals surface area contributed by atoms with E-state index < -0.39 is 0 Å². The highest BCUT2D eigenvalue weighted by atomic mass is 16.1. The van der Waals surface area contributed by atoms with E-state index in [9.17, 15) is 9.59 Å². The Bertz CT molecular complexity index is 901. The quantitative estimate of drug-likeness (QED) is 0.531. The first-order valence-electron chi connectivity index (χ1n) is 7.94. The first-order chi connectivity index (χ1) is 12.1. The van der Waals surface area contributed by atoms with E-state index in [2.05, 4.69) is 30.1 Å². The van der Waals surface area contributed by atoms with Gasteiger partial charge in [-0.1, -0.05) is 61.2 Å². The van der Waals surface area contributed by atoms with Gasteiger partial charge in [-0.05, 0) is 36.8 Å². The fraction of sp³-hybridized carbons (Fsp3) is 0.0909. The lowest BCUT2D eigenvalue weighted by Crippen LogP contribution is -2.12. The maximum Gasteiger partial charge on any atom is 0.250 e. The van der Waals surface area contributed by atoms with Crippen molar-refractivity contribution in [2.75, 3.05) is 5.32 Å². The SMILES string of the molecule is C=C(C)C(=O)Nc1c2ccccc2cc2ccccc12.CC=C[C]=O. The number of hydrogen-bond acceptors (Lipinski definition) is 2. The molecule has 0 atom stereocenters. The molecule has 3 aromatic rings. The number of anilines is 1. The number of carbonyl (C=O) groups excluding carboxylic acids is 2. The monoisotopic (exact) mass is 330 g/mol. The first kappa shape index (κ1) is 18.1. The Hall–Kier alpha value is -3.20. The number of benzene rings is 3. The second-order valence-electron chi connectivity index (χ2n) is 5.55. The van der Waals surface area contributed by atoms with Gasteiger partial charge < -0.3 is 5.32 Å². The lowest BCUT2D eigenvalue weighted by molar-refractivity contribution is -0.112. The smallest absolute Gasteiger partial charge is 0.250 e. The number of rotatable bonds is 3. The maximum atomic E-state index is 12.0. The normalized spacial score (nSPS) is 10.3. The van der Waals surface area contributed by atoms with Crippen LogP contribution in [0.15, 0.2) is 78.9 Å². The second-order valence-corrected chi connectivity index (χ2v) is 5.55. The minimum absolute atomic E-state index is 0.147. The van der Waals surface area contributed by atoms with Crippen LogP contribution in [0.5, 0.6) is 0 Å². The van der Waals surface area contributed by atoms with Gasteiger partial charge in [-0.3, -0.25) is 9.59 Å². The van der Waals surface area contributed by atoms with E-state index in [4.69, 9.17) is 0 Å². The van der Waals surface area contributed by atoms with Gasteiger partial charge in [-0.2, -0.15) is 0 Å². The molecule has 1 N–H and O–H groups in total. The highest BCUT2D eigenvalue weighted by Gasteiger charge is 2.10. The van der Waals surface area contributed by atoms with Gasteiger partial charge >= 0.3 is 0 Å². The first-order valence-corrected chi connectivity index (χ1v) is 7.94. The van der Waals surface area contributed by atoms with E-state index in [1.807, 2.05) is 36.4 Å². The van der Waals surface area contributed by atoms with E-state index in [-0.39, 0.29) is 5.91 Å². The molecule has 0 saturated carbocycles. The Morgan fingerprint density at radius 2 is 1.56 bits per heavy atom. The zero-order valence-corrected chi connectivity index (χ0v) is 14.4. The summed E-state index contributed by atoms with van der Waals surface area (Å²) in [5.74, 6) is -0.147. The van der Waals surface area contributed by atoms with Crippen molar-refractivity contribution in [1.82, 2.24) is 0 Å². The Balaban J connectivity index is 0.000000399. The van der Waals surface area contributed by atoms with E-state index in [1.165, 1.54) is 6.08 Å². The van der Waals surface area contributed by atoms with Crippen molar-refractivity contribution in [3.05, 3.63) is 78.9 Å². The predicted molar refractivity (Wildman–Crippen MR) is 105 cm³/mol. The molecule has 3 heteroatoms. The Morgan fingerprint density at radius 1 is 1.04 bits per heavy atom. The number of allylic oxidation sites excluding steroid dienone is 2. The largest absolute Gasteiger partial charge is 0.321 e. The number of carbonyl (C=O) groups is 1. The molecule has 125 valence electrons. The van der Waals surface area contributed by atoms with E-state index in [0.29, 0.717) is 5.57 Å². The summed E-state index contributed by atoms with van der Waals surface area (Å²) in [4.78, 5) is 21.2. The van der Waals surface area contributed by atoms with Crippen molar-refractivity contribution in [1.29, 1.82) is 0 Å². The predicted octanol–water partition coefficient (Wildman–Crippen LogP) is 5.18. The molecular weight excluding hydrogens is 310 g/mol. The summed E-state index contributed by atoms with van der Waals surface area (Å²) in [5, 5.41) is 7.30. The summed E-state index contributed by atoms with van der Waals surface area (Å²) in [6, 6.07) is 18.3. The molecule has 3 rings (SSSR count). The number of fused-ring (bicyclic) bond motifs is 2.